The fraction of sp³-hybridized carbons (Fsp3) is 0.353. The van der Waals surface area contributed by atoms with Crippen LogP contribution in [0.3, 0.4) is 0 Å². The first-order chi connectivity index (χ1) is 10.7. The molecule has 4 nitrogen and oxygen atoms in total. The Morgan fingerprint density at radius 3 is 2.45 bits per heavy atom. The van der Waals surface area contributed by atoms with E-state index in [-0.39, 0.29) is 5.91 Å². The molecule has 1 aliphatic heterocycles. The second kappa shape index (κ2) is 7.01. The third kappa shape index (κ3) is 3.53. The van der Waals surface area contributed by atoms with E-state index in [4.69, 9.17) is 4.42 Å². The second-order valence-corrected chi connectivity index (χ2v) is 6.26. The van der Waals surface area contributed by atoms with E-state index in [1.807, 2.05) is 18.2 Å². The molecule has 1 N–H and O–H groups in total. The Labute approximate surface area is 138 Å². The minimum Gasteiger partial charge on any atom is -0.444 e. The predicted octanol–water partition coefficient (Wildman–Crippen LogP) is 4.67. The van der Waals surface area contributed by atoms with Gasteiger partial charge in [-0.25, -0.2) is 0 Å². The van der Waals surface area contributed by atoms with Gasteiger partial charge in [-0.3, -0.25) is 4.79 Å². The van der Waals surface area contributed by atoms with E-state index in [0.717, 1.165) is 24.5 Å². The van der Waals surface area contributed by atoms with E-state index in [1.165, 1.54) is 25.7 Å². The van der Waals surface area contributed by atoms with Gasteiger partial charge in [0.25, 0.3) is 5.91 Å². The number of rotatable bonds is 3. The van der Waals surface area contributed by atoms with Crippen LogP contribution in [0.25, 0.3) is 0 Å². The number of amides is 1. The molecule has 1 aromatic heterocycles. The summed E-state index contributed by atoms with van der Waals surface area (Å²) in [6, 6.07) is 11.3. The van der Waals surface area contributed by atoms with Crippen molar-refractivity contribution < 1.29 is 9.21 Å². The number of carbonyl (C=O) groups excluding carboxylic acids is 1. The number of nitrogens with zero attached hydrogens (tertiary/aromatic N) is 1. The fourth-order valence-electron chi connectivity index (χ4n) is 2.79. The molecule has 5 heteroatoms. The van der Waals surface area contributed by atoms with E-state index in [0.29, 0.717) is 10.4 Å². The lowest BCUT2D eigenvalue weighted by atomic mass is 10.2. The maximum atomic E-state index is 12.3. The molecule has 1 saturated heterocycles. The first-order valence-electron chi connectivity index (χ1n) is 7.65. The number of hydrogen-bond donors (Lipinski definition) is 1. The van der Waals surface area contributed by atoms with Crippen molar-refractivity contribution in [3.05, 3.63) is 46.8 Å². The van der Waals surface area contributed by atoms with Gasteiger partial charge in [0.05, 0.1) is 11.4 Å². The molecule has 116 valence electrons. The van der Waals surface area contributed by atoms with Crippen LogP contribution in [0, 0.1) is 0 Å². The summed E-state index contributed by atoms with van der Waals surface area (Å²) in [6.45, 7) is 2.08. The Hall–Kier alpha value is -1.75. The number of benzene rings is 1. The van der Waals surface area contributed by atoms with Gasteiger partial charge in [0.2, 0.25) is 0 Å². The molecule has 2 heterocycles. The van der Waals surface area contributed by atoms with Crippen molar-refractivity contribution in [1.29, 1.82) is 0 Å². The zero-order chi connectivity index (χ0) is 15.4. The highest BCUT2D eigenvalue weighted by molar-refractivity contribution is 9.10. The van der Waals surface area contributed by atoms with Gasteiger partial charge >= 0.3 is 0 Å². The molecule has 1 amide bonds. The van der Waals surface area contributed by atoms with Crippen molar-refractivity contribution in [2.75, 3.05) is 23.3 Å². The molecule has 0 spiro atoms. The summed E-state index contributed by atoms with van der Waals surface area (Å²) >= 11 is 3.22. The lowest BCUT2D eigenvalue weighted by Gasteiger charge is -2.25. The largest absolute Gasteiger partial charge is 0.444 e. The van der Waals surface area contributed by atoms with Crippen LogP contribution >= 0.6 is 15.9 Å². The van der Waals surface area contributed by atoms with E-state index in [1.54, 1.807) is 12.1 Å². The van der Waals surface area contributed by atoms with Crippen molar-refractivity contribution in [3.8, 4) is 0 Å². The van der Waals surface area contributed by atoms with E-state index < -0.39 is 0 Å². The summed E-state index contributed by atoms with van der Waals surface area (Å²) in [4.78, 5) is 14.6. The molecule has 0 bridgehead atoms. The minimum atomic E-state index is -0.229. The fourth-order valence-corrected chi connectivity index (χ4v) is 3.09. The molecule has 1 fully saturated rings. The Morgan fingerprint density at radius 2 is 1.77 bits per heavy atom. The highest BCUT2D eigenvalue weighted by Gasteiger charge is 2.16. The third-order valence-corrected chi connectivity index (χ3v) is 4.32. The van der Waals surface area contributed by atoms with E-state index in [2.05, 4.69) is 32.2 Å². The summed E-state index contributed by atoms with van der Waals surface area (Å²) in [5.41, 5.74) is 1.92. The monoisotopic (exact) mass is 362 g/mol. The number of para-hydroxylation sites is 2. The number of carbonyl (C=O) groups is 1. The van der Waals surface area contributed by atoms with Crippen molar-refractivity contribution >= 4 is 33.2 Å². The molecule has 0 atom stereocenters. The Morgan fingerprint density at radius 1 is 1.05 bits per heavy atom. The number of hydrogen-bond acceptors (Lipinski definition) is 3. The van der Waals surface area contributed by atoms with Crippen LogP contribution in [0.2, 0.25) is 0 Å². The summed E-state index contributed by atoms with van der Waals surface area (Å²) < 4.78 is 5.87. The lowest BCUT2D eigenvalue weighted by molar-refractivity contribution is 0.0995. The summed E-state index contributed by atoms with van der Waals surface area (Å²) in [5, 5.41) is 2.96. The predicted molar refractivity (Wildman–Crippen MR) is 91.5 cm³/mol. The van der Waals surface area contributed by atoms with Gasteiger partial charge in [-0.1, -0.05) is 25.0 Å². The van der Waals surface area contributed by atoms with Crippen LogP contribution in [0.1, 0.15) is 36.2 Å². The molecular weight excluding hydrogens is 344 g/mol. The highest BCUT2D eigenvalue weighted by atomic mass is 79.9. The van der Waals surface area contributed by atoms with Gasteiger partial charge in [0.1, 0.15) is 0 Å². The van der Waals surface area contributed by atoms with Crippen LogP contribution in [0.15, 0.2) is 45.5 Å². The highest BCUT2D eigenvalue weighted by Crippen LogP contribution is 2.28. The van der Waals surface area contributed by atoms with Crippen LogP contribution in [0.4, 0.5) is 11.4 Å². The summed E-state index contributed by atoms with van der Waals surface area (Å²) in [5.74, 6) is 0.0746. The Balaban J connectivity index is 1.80. The number of furan rings is 1. The molecule has 0 aliphatic carbocycles. The zero-order valence-electron chi connectivity index (χ0n) is 12.3. The third-order valence-electron chi connectivity index (χ3n) is 3.90. The topological polar surface area (TPSA) is 45.5 Å². The quantitative estimate of drug-likeness (QED) is 0.862. The second-order valence-electron chi connectivity index (χ2n) is 5.48. The van der Waals surface area contributed by atoms with Crippen molar-refractivity contribution in [2.24, 2.45) is 0 Å². The van der Waals surface area contributed by atoms with Gasteiger partial charge in [-0.2, -0.15) is 0 Å². The molecule has 22 heavy (non-hydrogen) atoms. The Bertz CT molecular complexity index is 646. The average Bonchev–Trinajstić information content (AvgIpc) is 2.80. The normalized spacial score (nSPS) is 15.4. The zero-order valence-corrected chi connectivity index (χ0v) is 13.9. The van der Waals surface area contributed by atoms with Crippen LogP contribution in [0.5, 0.6) is 0 Å². The van der Waals surface area contributed by atoms with Crippen LogP contribution in [-0.4, -0.2) is 19.0 Å². The molecular formula is C17H19BrN2O2. The molecule has 1 aromatic carbocycles. The van der Waals surface area contributed by atoms with E-state index in [9.17, 15) is 4.79 Å². The average molecular weight is 363 g/mol. The maximum absolute atomic E-state index is 12.3. The van der Waals surface area contributed by atoms with E-state index >= 15 is 0 Å². The van der Waals surface area contributed by atoms with Gasteiger partial charge in [-0.05, 0) is 53.0 Å². The first kappa shape index (κ1) is 15.2. The molecule has 2 aromatic rings. The standard InChI is InChI=1S/C17H19BrN2O2/c18-16-10-9-15(22-16)17(21)19-13-7-3-4-8-14(13)20-11-5-1-2-6-12-20/h3-4,7-10H,1-2,5-6,11-12H2,(H,19,21). The Kier molecular flexibility index (Phi) is 4.83. The molecule has 0 unspecified atom stereocenters. The summed E-state index contributed by atoms with van der Waals surface area (Å²) in [7, 11) is 0. The van der Waals surface area contributed by atoms with Gasteiger partial charge < -0.3 is 14.6 Å². The van der Waals surface area contributed by atoms with Crippen molar-refractivity contribution in [2.45, 2.75) is 25.7 Å². The number of anilines is 2. The molecule has 0 saturated carbocycles. The summed E-state index contributed by atoms with van der Waals surface area (Å²) in [6.07, 6.45) is 4.97. The van der Waals surface area contributed by atoms with Crippen molar-refractivity contribution in [3.63, 3.8) is 0 Å². The SMILES string of the molecule is O=C(Nc1ccccc1N1CCCCCC1)c1ccc(Br)o1. The van der Waals surface area contributed by atoms with Crippen molar-refractivity contribution in [1.82, 2.24) is 0 Å². The smallest absolute Gasteiger partial charge is 0.291 e. The maximum Gasteiger partial charge on any atom is 0.291 e. The molecule has 3 rings (SSSR count). The molecule has 1 aliphatic rings. The van der Waals surface area contributed by atoms with Gasteiger partial charge in [0.15, 0.2) is 10.4 Å². The number of nitrogens with one attached hydrogen (secondary N) is 1. The van der Waals surface area contributed by atoms with Crippen LogP contribution in [-0.2, 0) is 0 Å². The van der Waals surface area contributed by atoms with Crippen LogP contribution < -0.4 is 10.2 Å². The first-order valence-corrected chi connectivity index (χ1v) is 8.44. The minimum absolute atomic E-state index is 0.229. The lowest BCUT2D eigenvalue weighted by Crippen LogP contribution is -2.25. The van der Waals surface area contributed by atoms with Gasteiger partial charge in [-0.15, -0.1) is 0 Å². The molecule has 0 radical (unpaired) electrons. The van der Waals surface area contributed by atoms with Gasteiger partial charge in [0, 0.05) is 13.1 Å². The number of halogens is 1.